The van der Waals surface area contributed by atoms with Gasteiger partial charge in [-0.2, -0.15) is 5.48 Å². The number of nitrogens with one attached hydrogen (secondary N) is 1. The van der Waals surface area contributed by atoms with Gasteiger partial charge in [-0.3, -0.25) is 4.79 Å². The van der Waals surface area contributed by atoms with E-state index in [9.17, 15) is 10.0 Å². The summed E-state index contributed by atoms with van der Waals surface area (Å²) in [6, 6.07) is 6.56. The zero-order chi connectivity index (χ0) is 13.0. The van der Waals surface area contributed by atoms with E-state index in [0.717, 1.165) is 10.0 Å². The third-order valence-electron chi connectivity index (χ3n) is 2.90. The number of hydrogen-bond donors (Lipinski definition) is 2. The van der Waals surface area contributed by atoms with Gasteiger partial charge < -0.3 is 14.8 Å². The molecule has 1 fully saturated rings. The SMILES string of the molecule is O=C([C@@H](NO)c1ccc(Br)cc1)N1CCOCC1. The van der Waals surface area contributed by atoms with Crippen molar-refractivity contribution >= 4 is 21.8 Å². The second-order valence-corrected chi connectivity index (χ2v) is 4.97. The van der Waals surface area contributed by atoms with Gasteiger partial charge in [-0.1, -0.05) is 28.1 Å². The molecule has 0 unspecified atom stereocenters. The Kier molecular flexibility index (Phi) is 4.71. The number of amides is 1. The van der Waals surface area contributed by atoms with Gasteiger partial charge in [-0.25, -0.2) is 0 Å². The fourth-order valence-corrected chi connectivity index (χ4v) is 2.16. The number of carbonyl (C=O) groups is 1. The number of hydrogen-bond acceptors (Lipinski definition) is 4. The van der Waals surface area contributed by atoms with Gasteiger partial charge >= 0.3 is 0 Å². The second-order valence-electron chi connectivity index (χ2n) is 4.05. The minimum absolute atomic E-state index is 0.136. The van der Waals surface area contributed by atoms with Crippen molar-refractivity contribution in [2.75, 3.05) is 26.3 Å². The normalized spacial score (nSPS) is 17.6. The lowest BCUT2D eigenvalue weighted by Gasteiger charge is -2.30. The summed E-state index contributed by atoms with van der Waals surface area (Å²) < 4.78 is 6.13. The van der Waals surface area contributed by atoms with Crippen LogP contribution < -0.4 is 5.48 Å². The van der Waals surface area contributed by atoms with Gasteiger partial charge in [-0.05, 0) is 17.7 Å². The molecular weight excluding hydrogens is 300 g/mol. The molecule has 1 heterocycles. The van der Waals surface area contributed by atoms with Crippen LogP contribution in [0.25, 0.3) is 0 Å². The molecule has 0 saturated carbocycles. The molecule has 6 heteroatoms. The molecule has 0 bridgehead atoms. The van der Waals surface area contributed by atoms with Gasteiger partial charge in [0.1, 0.15) is 6.04 Å². The van der Waals surface area contributed by atoms with Crippen molar-refractivity contribution in [3.8, 4) is 0 Å². The Labute approximate surface area is 114 Å². The average Bonchev–Trinajstić information content (AvgIpc) is 2.42. The van der Waals surface area contributed by atoms with Crippen LogP contribution in [0.5, 0.6) is 0 Å². The molecule has 1 amide bonds. The topological polar surface area (TPSA) is 61.8 Å². The Morgan fingerprint density at radius 2 is 1.94 bits per heavy atom. The van der Waals surface area contributed by atoms with Gasteiger partial charge in [0, 0.05) is 17.6 Å². The van der Waals surface area contributed by atoms with Crippen LogP contribution in [-0.2, 0) is 9.53 Å². The van der Waals surface area contributed by atoms with E-state index in [4.69, 9.17) is 4.74 Å². The number of rotatable bonds is 3. The quantitative estimate of drug-likeness (QED) is 0.826. The third-order valence-corrected chi connectivity index (χ3v) is 3.43. The van der Waals surface area contributed by atoms with Crippen LogP contribution in [0.15, 0.2) is 28.7 Å². The molecule has 5 nitrogen and oxygen atoms in total. The molecule has 1 aromatic rings. The number of benzene rings is 1. The minimum atomic E-state index is -0.726. The first kappa shape index (κ1) is 13.5. The predicted octanol–water partition coefficient (Wildman–Crippen LogP) is 1.33. The number of halogens is 1. The van der Waals surface area contributed by atoms with Crippen molar-refractivity contribution < 1.29 is 14.7 Å². The lowest BCUT2D eigenvalue weighted by Crippen LogP contribution is -2.45. The summed E-state index contributed by atoms with van der Waals surface area (Å²) in [6.07, 6.45) is 0. The highest BCUT2D eigenvalue weighted by molar-refractivity contribution is 9.10. The van der Waals surface area contributed by atoms with Gasteiger partial charge in [0.25, 0.3) is 0 Å². The number of ether oxygens (including phenoxy) is 1. The molecule has 1 aliphatic heterocycles. The predicted molar refractivity (Wildman–Crippen MR) is 69.2 cm³/mol. The zero-order valence-corrected chi connectivity index (χ0v) is 11.4. The first-order valence-electron chi connectivity index (χ1n) is 5.74. The van der Waals surface area contributed by atoms with Crippen LogP contribution in [0.3, 0.4) is 0 Å². The van der Waals surface area contributed by atoms with E-state index in [1.54, 1.807) is 17.0 Å². The average molecular weight is 315 g/mol. The van der Waals surface area contributed by atoms with Crippen LogP contribution in [-0.4, -0.2) is 42.3 Å². The summed E-state index contributed by atoms with van der Waals surface area (Å²) in [5.74, 6) is -0.136. The van der Waals surface area contributed by atoms with Gasteiger partial charge in [0.15, 0.2) is 0 Å². The molecule has 2 rings (SSSR count). The first-order valence-corrected chi connectivity index (χ1v) is 6.53. The highest BCUT2D eigenvalue weighted by atomic mass is 79.9. The van der Waals surface area contributed by atoms with E-state index in [1.807, 2.05) is 12.1 Å². The maximum absolute atomic E-state index is 12.3. The van der Waals surface area contributed by atoms with E-state index in [-0.39, 0.29) is 5.91 Å². The summed E-state index contributed by atoms with van der Waals surface area (Å²) in [5, 5.41) is 9.21. The van der Waals surface area contributed by atoms with Crippen molar-refractivity contribution in [3.05, 3.63) is 34.3 Å². The van der Waals surface area contributed by atoms with Gasteiger partial charge in [0.2, 0.25) is 5.91 Å². The first-order chi connectivity index (χ1) is 8.72. The summed E-state index contributed by atoms with van der Waals surface area (Å²) >= 11 is 3.34. The fraction of sp³-hybridized carbons (Fsp3) is 0.417. The zero-order valence-electron chi connectivity index (χ0n) is 9.80. The highest BCUT2D eigenvalue weighted by Gasteiger charge is 2.26. The molecular formula is C12H15BrN2O3. The Morgan fingerprint density at radius 1 is 1.33 bits per heavy atom. The Balaban J connectivity index is 2.12. The van der Waals surface area contributed by atoms with Crippen LogP contribution in [0, 0.1) is 0 Å². The lowest BCUT2D eigenvalue weighted by atomic mass is 10.1. The van der Waals surface area contributed by atoms with Gasteiger partial charge in [-0.15, -0.1) is 0 Å². The van der Waals surface area contributed by atoms with E-state index in [2.05, 4.69) is 21.4 Å². The molecule has 1 saturated heterocycles. The van der Waals surface area contributed by atoms with Crippen molar-refractivity contribution in [1.29, 1.82) is 0 Å². The van der Waals surface area contributed by atoms with E-state index >= 15 is 0 Å². The smallest absolute Gasteiger partial charge is 0.246 e. The summed E-state index contributed by atoms with van der Waals surface area (Å²) in [6.45, 7) is 2.22. The van der Waals surface area contributed by atoms with Crippen LogP contribution >= 0.6 is 15.9 Å². The Morgan fingerprint density at radius 3 is 2.50 bits per heavy atom. The molecule has 0 radical (unpaired) electrons. The van der Waals surface area contributed by atoms with Crippen molar-refractivity contribution in [2.24, 2.45) is 0 Å². The number of carbonyl (C=O) groups excluding carboxylic acids is 1. The third kappa shape index (κ3) is 3.08. The number of hydroxylamine groups is 1. The summed E-state index contributed by atoms with van der Waals surface area (Å²) in [5.41, 5.74) is 2.82. The van der Waals surface area contributed by atoms with Gasteiger partial charge in [0.05, 0.1) is 13.2 Å². The van der Waals surface area contributed by atoms with E-state index in [0.29, 0.717) is 26.3 Å². The number of nitrogens with zero attached hydrogens (tertiary/aromatic N) is 1. The molecule has 1 aliphatic rings. The monoisotopic (exact) mass is 314 g/mol. The largest absolute Gasteiger partial charge is 0.378 e. The van der Waals surface area contributed by atoms with Crippen molar-refractivity contribution in [3.63, 3.8) is 0 Å². The minimum Gasteiger partial charge on any atom is -0.378 e. The lowest BCUT2D eigenvalue weighted by molar-refractivity contribution is -0.140. The van der Waals surface area contributed by atoms with E-state index < -0.39 is 6.04 Å². The standard InChI is InChI=1S/C12H15BrN2O3/c13-10-3-1-9(2-4-10)11(14-17)12(16)15-5-7-18-8-6-15/h1-4,11,14,17H,5-8H2/t11-/m0/s1. The van der Waals surface area contributed by atoms with Crippen LogP contribution in [0.1, 0.15) is 11.6 Å². The Hall–Kier alpha value is -0.950. The molecule has 0 spiro atoms. The van der Waals surface area contributed by atoms with Crippen molar-refractivity contribution in [2.45, 2.75) is 6.04 Å². The fourth-order valence-electron chi connectivity index (χ4n) is 1.89. The molecule has 2 N–H and O–H groups in total. The second kappa shape index (κ2) is 6.29. The summed E-state index contributed by atoms with van der Waals surface area (Å²) in [4.78, 5) is 13.9. The highest BCUT2D eigenvalue weighted by Crippen LogP contribution is 2.19. The van der Waals surface area contributed by atoms with Crippen molar-refractivity contribution in [1.82, 2.24) is 10.4 Å². The maximum Gasteiger partial charge on any atom is 0.246 e. The molecule has 0 aliphatic carbocycles. The van der Waals surface area contributed by atoms with E-state index in [1.165, 1.54) is 0 Å². The molecule has 1 aromatic carbocycles. The maximum atomic E-state index is 12.3. The summed E-state index contributed by atoms with van der Waals surface area (Å²) in [7, 11) is 0. The Bertz CT molecular complexity index is 404. The molecule has 1 atom stereocenters. The molecule has 98 valence electrons. The molecule has 18 heavy (non-hydrogen) atoms. The molecule has 0 aromatic heterocycles. The van der Waals surface area contributed by atoms with Crippen LogP contribution in [0.2, 0.25) is 0 Å². The van der Waals surface area contributed by atoms with Crippen LogP contribution in [0.4, 0.5) is 0 Å². The number of morpholine rings is 1.